The van der Waals surface area contributed by atoms with Crippen LogP contribution in [0.15, 0.2) is 23.2 Å². The van der Waals surface area contributed by atoms with Crippen LogP contribution in [0.25, 0.3) is 11.1 Å². The van der Waals surface area contributed by atoms with Crippen molar-refractivity contribution in [3.05, 3.63) is 24.4 Å². The lowest BCUT2D eigenvalue weighted by atomic mass is 9.88. The average molecular weight is 176 g/mol. The van der Waals surface area contributed by atoms with Gasteiger partial charge in [0, 0.05) is 5.56 Å². The van der Waals surface area contributed by atoms with Gasteiger partial charge < -0.3 is 4.42 Å². The maximum Gasteiger partial charge on any atom is 0.170 e. The molecule has 0 aliphatic heterocycles. The molecule has 13 heavy (non-hydrogen) atoms. The van der Waals surface area contributed by atoms with Crippen molar-refractivity contribution in [3.63, 3.8) is 0 Å². The smallest absolute Gasteiger partial charge is 0.170 e. The lowest BCUT2D eigenvalue weighted by molar-refractivity contribution is 0.557. The molecule has 0 atom stereocenters. The van der Waals surface area contributed by atoms with Gasteiger partial charge in [-0.3, -0.25) is 0 Å². The van der Waals surface area contributed by atoms with E-state index in [-0.39, 0.29) is 5.41 Å². The van der Waals surface area contributed by atoms with E-state index in [0.29, 0.717) is 0 Å². The molecule has 0 bridgehead atoms. The highest BCUT2D eigenvalue weighted by Crippen LogP contribution is 2.29. The second-order valence-electron chi connectivity index (χ2n) is 4.13. The third kappa shape index (κ3) is 1.30. The summed E-state index contributed by atoms with van der Waals surface area (Å²) in [5, 5.41) is 0. The second-order valence-corrected chi connectivity index (χ2v) is 4.13. The summed E-state index contributed by atoms with van der Waals surface area (Å²) < 4.78 is 5.35. The van der Waals surface area contributed by atoms with Gasteiger partial charge in [0.05, 0.1) is 12.5 Å². The molecule has 0 amide bonds. The molecule has 68 valence electrons. The van der Waals surface area contributed by atoms with Crippen molar-refractivity contribution >= 4 is 11.1 Å². The third-order valence-electron chi connectivity index (χ3n) is 2.05. The number of hydrogen-bond donors (Lipinski definition) is 0. The first-order valence-corrected chi connectivity index (χ1v) is 4.27. The van der Waals surface area contributed by atoms with Gasteiger partial charge in [-0.15, -0.1) is 0 Å². The van der Waals surface area contributed by atoms with E-state index < -0.39 is 0 Å². The quantitative estimate of drug-likeness (QED) is 0.619. The Kier molecular flexibility index (Phi) is 1.62. The molecule has 2 heterocycles. The molecule has 3 heteroatoms. The molecule has 0 saturated heterocycles. The molecule has 0 aliphatic rings. The number of furan rings is 1. The molecule has 0 spiro atoms. The summed E-state index contributed by atoms with van der Waals surface area (Å²) in [6.07, 6.45) is 5.00. The van der Waals surface area contributed by atoms with Crippen LogP contribution in [-0.4, -0.2) is 9.97 Å². The molecule has 3 nitrogen and oxygen atoms in total. The predicted molar refractivity (Wildman–Crippen MR) is 50.5 cm³/mol. The number of aromatic nitrogens is 2. The van der Waals surface area contributed by atoms with E-state index in [1.807, 2.05) is 0 Å². The Labute approximate surface area is 76.8 Å². The van der Waals surface area contributed by atoms with Gasteiger partial charge in [0.2, 0.25) is 0 Å². The number of hydrogen-bond acceptors (Lipinski definition) is 3. The molecule has 2 rings (SSSR count). The topological polar surface area (TPSA) is 38.9 Å². The van der Waals surface area contributed by atoms with Gasteiger partial charge in [-0.1, -0.05) is 20.8 Å². The van der Waals surface area contributed by atoms with Crippen molar-refractivity contribution in [2.45, 2.75) is 26.2 Å². The van der Waals surface area contributed by atoms with Crippen LogP contribution < -0.4 is 0 Å². The van der Waals surface area contributed by atoms with Crippen LogP contribution in [-0.2, 0) is 5.41 Å². The third-order valence-corrected chi connectivity index (χ3v) is 2.05. The molecule has 2 aromatic heterocycles. The Balaban J connectivity index is 2.72. The fourth-order valence-corrected chi connectivity index (χ4v) is 1.32. The van der Waals surface area contributed by atoms with E-state index in [1.54, 1.807) is 18.8 Å². The molecular weight excluding hydrogens is 164 g/mol. The predicted octanol–water partition coefficient (Wildman–Crippen LogP) is 2.52. The standard InChI is InChI=1S/C10H12N2O/c1-10(2,3)7-5-13-8-4-11-6-12-9(7)8/h4-6H,1-3H3. The van der Waals surface area contributed by atoms with Crippen LogP contribution in [0.3, 0.4) is 0 Å². The fraction of sp³-hybridized carbons (Fsp3) is 0.400. The van der Waals surface area contributed by atoms with Crippen molar-refractivity contribution in [1.29, 1.82) is 0 Å². The molecule has 0 N–H and O–H groups in total. The molecule has 0 unspecified atom stereocenters. The monoisotopic (exact) mass is 176 g/mol. The molecule has 0 fully saturated rings. The summed E-state index contributed by atoms with van der Waals surface area (Å²) >= 11 is 0. The summed E-state index contributed by atoms with van der Waals surface area (Å²) in [5.74, 6) is 0. The molecule has 0 radical (unpaired) electrons. The van der Waals surface area contributed by atoms with Gasteiger partial charge in [0.25, 0.3) is 0 Å². The lowest BCUT2D eigenvalue weighted by Crippen LogP contribution is -2.10. The zero-order valence-corrected chi connectivity index (χ0v) is 8.03. The molecule has 2 aromatic rings. The van der Waals surface area contributed by atoms with Crippen LogP contribution in [0.2, 0.25) is 0 Å². The Morgan fingerprint density at radius 1 is 1.31 bits per heavy atom. The zero-order chi connectivity index (χ0) is 9.47. The van der Waals surface area contributed by atoms with E-state index in [9.17, 15) is 0 Å². The van der Waals surface area contributed by atoms with Crippen LogP contribution in [0, 0.1) is 0 Å². The molecule has 0 aromatic carbocycles. The van der Waals surface area contributed by atoms with Gasteiger partial charge in [-0.05, 0) is 5.41 Å². The van der Waals surface area contributed by atoms with Crippen LogP contribution >= 0.6 is 0 Å². The first-order valence-electron chi connectivity index (χ1n) is 4.27. The fourth-order valence-electron chi connectivity index (χ4n) is 1.32. The highest BCUT2D eigenvalue weighted by molar-refractivity contribution is 5.76. The van der Waals surface area contributed by atoms with Gasteiger partial charge in [-0.2, -0.15) is 0 Å². The molecular formula is C10H12N2O. The molecule has 0 saturated carbocycles. The number of rotatable bonds is 0. The first kappa shape index (κ1) is 8.23. The maximum absolute atomic E-state index is 5.35. The van der Waals surface area contributed by atoms with Crippen molar-refractivity contribution < 1.29 is 4.42 Å². The van der Waals surface area contributed by atoms with E-state index >= 15 is 0 Å². The Hall–Kier alpha value is -1.38. The minimum absolute atomic E-state index is 0.0691. The van der Waals surface area contributed by atoms with Crippen molar-refractivity contribution in [2.75, 3.05) is 0 Å². The summed E-state index contributed by atoms with van der Waals surface area (Å²) in [4.78, 5) is 8.11. The second kappa shape index (κ2) is 2.55. The van der Waals surface area contributed by atoms with Crippen LogP contribution in [0.1, 0.15) is 26.3 Å². The van der Waals surface area contributed by atoms with Crippen molar-refractivity contribution in [1.82, 2.24) is 9.97 Å². The normalized spacial score (nSPS) is 12.2. The van der Waals surface area contributed by atoms with Gasteiger partial charge in [0.1, 0.15) is 11.8 Å². The Bertz CT molecular complexity index is 426. The Morgan fingerprint density at radius 2 is 2.08 bits per heavy atom. The molecule has 0 aliphatic carbocycles. The summed E-state index contributed by atoms with van der Waals surface area (Å²) in [5.41, 5.74) is 2.87. The number of nitrogens with zero attached hydrogens (tertiary/aromatic N) is 2. The van der Waals surface area contributed by atoms with Gasteiger partial charge >= 0.3 is 0 Å². The minimum Gasteiger partial charge on any atom is -0.461 e. The first-order chi connectivity index (χ1) is 6.09. The van der Waals surface area contributed by atoms with E-state index in [2.05, 4.69) is 30.7 Å². The van der Waals surface area contributed by atoms with Crippen LogP contribution in [0.5, 0.6) is 0 Å². The highest BCUT2D eigenvalue weighted by atomic mass is 16.3. The van der Waals surface area contributed by atoms with E-state index in [1.165, 1.54) is 0 Å². The van der Waals surface area contributed by atoms with Gasteiger partial charge in [0.15, 0.2) is 5.58 Å². The SMILES string of the molecule is CC(C)(C)c1coc2cncnc12. The van der Waals surface area contributed by atoms with Crippen molar-refractivity contribution in [3.8, 4) is 0 Å². The summed E-state index contributed by atoms with van der Waals surface area (Å²) in [6, 6.07) is 0. The lowest BCUT2D eigenvalue weighted by Gasteiger charge is -2.15. The minimum atomic E-state index is 0.0691. The zero-order valence-electron chi connectivity index (χ0n) is 8.03. The summed E-state index contributed by atoms with van der Waals surface area (Å²) in [6.45, 7) is 6.41. The van der Waals surface area contributed by atoms with E-state index in [4.69, 9.17) is 4.42 Å². The van der Waals surface area contributed by atoms with Gasteiger partial charge in [-0.25, -0.2) is 9.97 Å². The van der Waals surface area contributed by atoms with E-state index in [0.717, 1.165) is 16.7 Å². The average Bonchev–Trinajstić information content (AvgIpc) is 2.45. The van der Waals surface area contributed by atoms with Crippen LogP contribution in [0.4, 0.5) is 0 Å². The van der Waals surface area contributed by atoms with Crippen molar-refractivity contribution in [2.24, 2.45) is 0 Å². The maximum atomic E-state index is 5.35. The highest BCUT2D eigenvalue weighted by Gasteiger charge is 2.20. The Morgan fingerprint density at radius 3 is 2.77 bits per heavy atom. The summed E-state index contributed by atoms with van der Waals surface area (Å²) in [7, 11) is 0. The largest absolute Gasteiger partial charge is 0.461 e. The number of fused-ring (bicyclic) bond motifs is 1.